The van der Waals surface area contributed by atoms with Crippen molar-refractivity contribution in [3.8, 4) is 5.75 Å². The molecule has 0 saturated carbocycles. The summed E-state index contributed by atoms with van der Waals surface area (Å²) in [4.78, 5) is 11.6. The van der Waals surface area contributed by atoms with E-state index < -0.39 is 0 Å². The second kappa shape index (κ2) is 7.61. The molecule has 0 atom stereocenters. The van der Waals surface area contributed by atoms with Gasteiger partial charge in [0.1, 0.15) is 5.75 Å². The van der Waals surface area contributed by atoms with Crippen molar-refractivity contribution in [1.82, 2.24) is 5.32 Å². The van der Waals surface area contributed by atoms with E-state index in [0.29, 0.717) is 24.5 Å². The lowest BCUT2D eigenvalue weighted by atomic mass is 10.0. The number of carbonyl (C=O) groups is 1. The van der Waals surface area contributed by atoms with Crippen LogP contribution < -0.4 is 10.1 Å². The summed E-state index contributed by atoms with van der Waals surface area (Å²) >= 11 is 0. The summed E-state index contributed by atoms with van der Waals surface area (Å²) in [5.74, 6) is 0.308. The van der Waals surface area contributed by atoms with Gasteiger partial charge in [0.05, 0.1) is 13.2 Å². The molecular formula is C16H19NO4. The molecule has 0 fully saturated rings. The topological polar surface area (TPSA) is 67.8 Å². The van der Waals surface area contributed by atoms with Gasteiger partial charge in [-0.25, -0.2) is 0 Å². The van der Waals surface area contributed by atoms with Crippen LogP contribution in [0.1, 0.15) is 5.56 Å². The number of rotatable bonds is 7. The van der Waals surface area contributed by atoms with Gasteiger partial charge in [0.15, 0.2) is 6.61 Å². The van der Waals surface area contributed by atoms with Crippen LogP contribution in [-0.2, 0) is 16.1 Å². The van der Waals surface area contributed by atoms with Crippen LogP contribution in [0.15, 0.2) is 36.4 Å². The number of amides is 1. The van der Waals surface area contributed by atoms with Crippen molar-refractivity contribution >= 4 is 16.7 Å². The number of fused-ring (bicyclic) bond motifs is 1. The first-order valence-electron chi connectivity index (χ1n) is 6.76. The van der Waals surface area contributed by atoms with E-state index in [1.807, 2.05) is 30.3 Å². The molecule has 0 aromatic heterocycles. The number of hydrogen-bond donors (Lipinski definition) is 2. The van der Waals surface area contributed by atoms with E-state index in [9.17, 15) is 9.90 Å². The van der Waals surface area contributed by atoms with Crippen LogP contribution in [0, 0.1) is 0 Å². The number of hydrogen-bond acceptors (Lipinski definition) is 4. The fourth-order valence-corrected chi connectivity index (χ4v) is 2.10. The number of methoxy groups -OCH3 is 1. The maximum absolute atomic E-state index is 11.6. The summed E-state index contributed by atoms with van der Waals surface area (Å²) in [5.41, 5.74) is 0.692. The minimum Gasteiger partial charge on any atom is -0.483 e. The molecule has 112 valence electrons. The standard InChI is InChI=1S/C16H19NO4/c1-20-9-8-17-16(19)11-21-15-7-6-12-4-2-3-5-13(12)14(15)10-18/h2-7,18H,8-11H2,1H3,(H,17,19). The van der Waals surface area contributed by atoms with E-state index >= 15 is 0 Å². The molecule has 0 aliphatic carbocycles. The number of ether oxygens (including phenoxy) is 2. The normalized spacial score (nSPS) is 10.6. The van der Waals surface area contributed by atoms with Crippen molar-refractivity contribution in [3.05, 3.63) is 42.0 Å². The molecule has 0 spiro atoms. The van der Waals surface area contributed by atoms with E-state index in [-0.39, 0.29) is 19.1 Å². The van der Waals surface area contributed by atoms with Crippen molar-refractivity contribution in [3.63, 3.8) is 0 Å². The van der Waals surface area contributed by atoms with Gasteiger partial charge in [-0.2, -0.15) is 0 Å². The summed E-state index contributed by atoms with van der Waals surface area (Å²) in [7, 11) is 1.57. The van der Waals surface area contributed by atoms with Crippen LogP contribution in [0.5, 0.6) is 5.75 Å². The van der Waals surface area contributed by atoms with E-state index in [2.05, 4.69) is 5.32 Å². The van der Waals surface area contributed by atoms with Crippen molar-refractivity contribution in [2.75, 3.05) is 26.9 Å². The monoisotopic (exact) mass is 289 g/mol. The summed E-state index contributed by atoms with van der Waals surface area (Å²) in [5, 5.41) is 14.2. The quantitative estimate of drug-likeness (QED) is 0.758. The molecule has 0 aliphatic rings. The molecule has 0 bridgehead atoms. The van der Waals surface area contributed by atoms with Crippen molar-refractivity contribution < 1.29 is 19.4 Å². The number of aliphatic hydroxyl groups is 1. The Bertz CT molecular complexity index is 612. The van der Waals surface area contributed by atoms with Gasteiger partial charge >= 0.3 is 0 Å². The number of benzene rings is 2. The Labute approximate surface area is 123 Å². The Morgan fingerprint density at radius 1 is 1.24 bits per heavy atom. The van der Waals surface area contributed by atoms with Crippen LogP contribution in [0.25, 0.3) is 10.8 Å². The van der Waals surface area contributed by atoms with Crippen LogP contribution in [0.3, 0.4) is 0 Å². The summed E-state index contributed by atoms with van der Waals surface area (Å²) in [6, 6.07) is 11.4. The maximum Gasteiger partial charge on any atom is 0.258 e. The Balaban J connectivity index is 2.06. The molecular weight excluding hydrogens is 270 g/mol. The molecule has 2 aromatic carbocycles. The van der Waals surface area contributed by atoms with Crippen LogP contribution >= 0.6 is 0 Å². The lowest BCUT2D eigenvalue weighted by molar-refractivity contribution is -0.123. The minimum atomic E-state index is -0.218. The van der Waals surface area contributed by atoms with E-state index in [1.165, 1.54) is 0 Å². The SMILES string of the molecule is COCCNC(=O)COc1ccc2ccccc2c1CO. The van der Waals surface area contributed by atoms with Gasteiger partial charge in [0.25, 0.3) is 5.91 Å². The molecule has 0 saturated heterocycles. The smallest absolute Gasteiger partial charge is 0.258 e. The summed E-state index contributed by atoms with van der Waals surface area (Å²) in [6.07, 6.45) is 0. The minimum absolute atomic E-state index is 0.0882. The Morgan fingerprint density at radius 2 is 2.05 bits per heavy atom. The highest BCUT2D eigenvalue weighted by atomic mass is 16.5. The molecule has 2 rings (SSSR count). The van der Waals surface area contributed by atoms with Crippen molar-refractivity contribution in [2.24, 2.45) is 0 Å². The molecule has 2 N–H and O–H groups in total. The van der Waals surface area contributed by atoms with Gasteiger partial charge in [0, 0.05) is 19.2 Å². The number of nitrogens with one attached hydrogen (secondary N) is 1. The summed E-state index contributed by atoms with van der Waals surface area (Å²) < 4.78 is 10.4. The van der Waals surface area contributed by atoms with Gasteiger partial charge in [-0.15, -0.1) is 0 Å². The first-order chi connectivity index (χ1) is 10.3. The van der Waals surface area contributed by atoms with Gasteiger partial charge in [-0.1, -0.05) is 30.3 Å². The highest BCUT2D eigenvalue weighted by Crippen LogP contribution is 2.28. The third-order valence-electron chi connectivity index (χ3n) is 3.14. The van der Waals surface area contributed by atoms with Gasteiger partial charge in [-0.05, 0) is 16.8 Å². The maximum atomic E-state index is 11.6. The zero-order valence-corrected chi connectivity index (χ0v) is 12.0. The van der Waals surface area contributed by atoms with Crippen molar-refractivity contribution in [1.29, 1.82) is 0 Å². The predicted octanol–water partition coefficient (Wildman–Crippen LogP) is 1.47. The van der Waals surface area contributed by atoms with Crippen molar-refractivity contribution in [2.45, 2.75) is 6.61 Å². The molecule has 0 unspecified atom stereocenters. The third kappa shape index (κ3) is 3.93. The molecule has 0 radical (unpaired) electrons. The van der Waals surface area contributed by atoms with Gasteiger partial charge in [0.2, 0.25) is 0 Å². The predicted molar refractivity (Wildman–Crippen MR) is 80.3 cm³/mol. The highest BCUT2D eigenvalue weighted by Gasteiger charge is 2.09. The van der Waals surface area contributed by atoms with E-state index in [4.69, 9.17) is 9.47 Å². The van der Waals surface area contributed by atoms with Crippen LogP contribution in [0.4, 0.5) is 0 Å². The second-order valence-corrected chi connectivity index (χ2v) is 4.55. The second-order valence-electron chi connectivity index (χ2n) is 4.55. The summed E-state index contributed by atoms with van der Waals surface area (Å²) in [6.45, 7) is 0.684. The van der Waals surface area contributed by atoms with Gasteiger partial charge in [-0.3, -0.25) is 4.79 Å². The largest absolute Gasteiger partial charge is 0.483 e. The Hall–Kier alpha value is -2.11. The molecule has 0 heterocycles. The molecule has 2 aromatic rings. The average molecular weight is 289 g/mol. The molecule has 0 aliphatic heterocycles. The molecule has 21 heavy (non-hydrogen) atoms. The van der Waals surface area contributed by atoms with Crippen LogP contribution in [0.2, 0.25) is 0 Å². The molecule has 1 amide bonds. The molecule has 5 heteroatoms. The lowest BCUT2D eigenvalue weighted by Crippen LogP contribution is -2.31. The van der Waals surface area contributed by atoms with Gasteiger partial charge < -0.3 is 19.9 Å². The third-order valence-corrected chi connectivity index (χ3v) is 3.14. The van der Waals surface area contributed by atoms with E-state index in [0.717, 1.165) is 10.8 Å². The van der Waals surface area contributed by atoms with Crippen LogP contribution in [-0.4, -0.2) is 37.9 Å². The zero-order chi connectivity index (χ0) is 15.1. The molecule has 5 nitrogen and oxygen atoms in total. The fraction of sp³-hybridized carbons (Fsp3) is 0.312. The zero-order valence-electron chi connectivity index (χ0n) is 12.0. The Morgan fingerprint density at radius 3 is 2.81 bits per heavy atom. The average Bonchev–Trinajstić information content (AvgIpc) is 2.52. The van der Waals surface area contributed by atoms with E-state index in [1.54, 1.807) is 13.2 Å². The number of aliphatic hydroxyl groups excluding tert-OH is 1. The fourth-order valence-electron chi connectivity index (χ4n) is 2.10. The first-order valence-corrected chi connectivity index (χ1v) is 6.76. The lowest BCUT2D eigenvalue weighted by Gasteiger charge is -2.12. The Kier molecular flexibility index (Phi) is 5.54. The highest BCUT2D eigenvalue weighted by molar-refractivity contribution is 5.87. The first kappa shape index (κ1) is 15.3. The number of carbonyl (C=O) groups excluding carboxylic acids is 1.